The highest BCUT2D eigenvalue weighted by Crippen LogP contribution is 2.35. The Morgan fingerprint density at radius 2 is 0.844 bits per heavy atom. The summed E-state index contributed by atoms with van der Waals surface area (Å²) in [5.74, 6) is -4.96. The van der Waals surface area contributed by atoms with E-state index in [0.717, 1.165) is 6.92 Å². The van der Waals surface area contributed by atoms with E-state index in [1.165, 1.54) is 48.5 Å². The second kappa shape index (κ2) is 21.3. The molecule has 3 unspecified atom stereocenters. The lowest BCUT2D eigenvalue weighted by atomic mass is 9.96. The van der Waals surface area contributed by atoms with E-state index in [0.29, 0.717) is 0 Å². The van der Waals surface area contributed by atoms with Crippen LogP contribution in [0.2, 0.25) is 0 Å². The van der Waals surface area contributed by atoms with Crippen LogP contribution in [0, 0.1) is 0 Å². The second-order valence-electron chi connectivity index (χ2n) is 14.7. The van der Waals surface area contributed by atoms with Crippen LogP contribution in [0.3, 0.4) is 0 Å². The third kappa shape index (κ3) is 11.2. The van der Waals surface area contributed by atoms with Crippen LogP contribution in [0.1, 0.15) is 65.6 Å². The largest absolute Gasteiger partial charge is 0.459 e. The van der Waals surface area contributed by atoms with E-state index in [1.807, 2.05) is 0 Å². The summed E-state index contributed by atoms with van der Waals surface area (Å²) in [4.78, 5) is 81.4. The Morgan fingerprint density at radius 1 is 0.469 bits per heavy atom. The maximum Gasteiger partial charge on any atom is 0.338 e. The summed E-state index contributed by atoms with van der Waals surface area (Å²) < 4.78 is 54.9. The lowest BCUT2D eigenvalue weighted by Gasteiger charge is -2.47. The molecule has 2 aliphatic heterocycles. The molecule has 2 fully saturated rings. The lowest BCUT2D eigenvalue weighted by molar-refractivity contribution is -0.328. The van der Waals surface area contributed by atoms with Gasteiger partial charge in [0.25, 0.3) is 0 Å². The SMILES string of the molecule is CC(=O)O[C@@H]1C(OC(=O)c2ccccc2)[C@H](C)OC[C@@H]1O[C@@H]1OC(COC(=O)c2ccccc2)[C@H](OC(=O)c2ccccc2)[C@H](OC(=O)c2ccccc2)C1OC(=O)c1ccccc1. The minimum absolute atomic E-state index is 0.0895. The summed E-state index contributed by atoms with van der Waals surface area (Å²) in [7, 11) is 0. The van der Waals surface area contributed by atoms with Crippen LogP contribution in [-0.4, -0.2) is 104 Å². The Balaban J connectivity index is 1.30. The highest BCUT2D eigenvalue weighted by atomic mass is 16.8. The standard InChI is InChI=1S/C49H44O15/c1-30-39(61-45(52)33-20-10-4-11-21-33)40(58-31(2)50)37(28-56-30)59-49-43(64-48(55)36-26-16-7-17-27-36)42(63-47(54)35-24-14-6-15-25-35)41(62-46(53)34-22-12-5-13-23-34)38(60-49)29-57-44(51)32-18-8-3-9-19-32/h3-27,30,37-43,49H,28-29H2,1-2H3/t30-,37-,38?,39?,40-,41-,42-,43?,49+/m0/s1. The molecule has 0 aromatic heterocycles. The van der Waals surface area contributed by atoms with Crippen molar-refractivity contribution in [2.75, 3.05) is 13.2 Å². The minimum atomic E-state index is -1.76. The van der Waals surface area contributed by atoms with Gasteiger partial charge in [-0.15, -0.1) is 0 Å². The average Bonchev–Trinajstić information content (AvgIpc) is 3.33. The first kappa shape index (κ1) is 44.8. The number of carbonyl (C=O) groups is 6. The van der Waals surface area contributed by atoms with Crippen LogP contribution in [0.25, 0.3) is 0 Å². The van der Waals surface area contributed by atoms with Crippen LogP contribution in [0.15, 0.2) is 152 Å². The van der Waals surface area contributed by atoms with Gasteiger partial charge in [0.1, 0.15) is 18.8 Å². The molecule has 5 aromatic rings. The quantitative estimate of drug-likeness (QED) is 0.0906. The molecular weight excluding hydrogens is 829 g/mol. The van der Waals surface area contributed by atoms with Crippen LogP contribution < -0.4 is 0 Å². The van der Waals surface area contributed by atoms with Crippen LogP contribution in [-0.2, 0) is 47.4 Å². The van der Waals surface area contributed by atoms with Gasteiger partial charge >= 0.3 is 35.8 Å². The summed E-state index contributed by atoms with van der Waals surface area (Å²) in [6, 6.07) is 39.9. The Labute approximate surface area is 368 Å². The van der Waals surface area contributed by atoms with Crippen molar-refractivity contribution < 1.29 is 71.4 Å². The zero-order chi connectivity index (χ0) is 45.0. The number of esters is 6. The van der Waals surface area contributed by atoms with Gasteiger partial charge in [-0.3, -0.25) is 4.79 Å². The van der Waals surface area contributed by atoms with Crippen LogP contribution in [0.5, 0.6) is 0 Å². The third-order valence-electron chi connectivity index (χ3n) is 10.3. The number of rotatable bonds is 14. The first-order valence-electron chi connectivity index (χ1n) is 20.4. The molecular formula is C49H44O15. The monoisotopic (exact) mass is 872 g/mol. The van der Waals surface area contributed by atoms with Gasteiger partial charge in [-0.2, -0.15) is 0 Å². The maximum absolute atomic E-state index is 14.0. The van der Waals surface area contributed by atoms with Gasteiger partial charge in [-0.05, 0) is 67.6 Å². The van der Waals surface area contributed by atoms with Crippen molar-refractivity contribution in [1.29, 1.82) is 0 Å². The topological polar surface area (TPSA) is 185 Å². The number of hydrogen-bond donors (Lipinski definition) is 0. The molecule has 0 radical (unpaired) electrons. The Bertz CT molecular complexity index is 2360. The van der Waals surface area contributed by atoms with E-state index in [9.17, 15) is 28.8 Å². The van der Waals surface area contributed by atoms with E-state index in [4.69, 9.17) is 42.6 Å². The van der Waals surface area contributed by atoms with Crippen molar-refractivity contribution in [3.05, 3.63) is 179 Å². The van der Waals surface area contributed by atoms with Crippen molar-refractivity contribution in [2.24, 2.45) is 0 Å². The Kier molecular flexibility index (Phi) is 14.9. The lowest BCUT2D eigenvalue weighted by Crippen LogP contribution is -2.65. The number of benzene rings is 5. The third-order valence-corrected chi connectivity index (χ3v) is 10.3. The van der Waals surface area contributed by atoms with Crippen molar-refractivity contribution in [2.45, 2.75) is 69.0 Å². The fourth-order valence-electron chi connectivity index (χ4n) is 7.10. The fourth-order valence-corrected chi connectivity index (χ4v) is 7.10. The van der Waals surface area contributed by atoms with E-state index in [1.54, 1.807) is 110 Å². The molecule has 15 nitrogen and oxygen atoms in total. The van der Waals surface area contributed by atoms with Crippen molar-refractivity contribution in [3.63, 3.8) is 0 Å². The minimum Gasteiger partial charge on any atom is -0.459 e. The highest BCUT2D eigenvalue weighted by molar-refractivity contribution is 5.92. The number of ether oxygens (including phenoxy) is 9. The molecule has 0 amide bonds. The van der Waals surface area contributed by atoms with Gasteiger partial charge in [-0.1, -0.05) is 91.0 Å². The maximum atomic E-state index is 14.0. The smallest absolute Gasteiger partial charge is 0.338 e. The van der Waals surface area contributed by atoms with Gasteiger partial charge in [0.2, 0.25) is 0 Å². The zero-order valence-corrected chi connectivity index (χ0v) is 34.7. The highest BCUT2D eigenvalue weighted by Gasteiger charge is 2.56. The Hall–Kier alpha value is -7.20. The average molecular weight is 873 g/mol. The van der Waals surface area contributed by atoms with E-state index in [2.05, 4.69) is 0 Å². The molecule has 0 bridgehead atoms. The van der Waals surface area contributed by atoms with Gasteiger partial charge < -0.3 is 42.6 Å². The van der Waals surface area contributed by atoms with Crippen molar-refractivity contribution in [1.82, 2.24) is 0 Å². The van der Waals surface area contributed by atoms with Crippen molar-refractivity contribution >= 4 is 35.8 Å². The normalized spacial score (nSPS) is 23.9. The number of carbonyl (C=O) groups excluding carboxylic acids is 6. The number of hydrogen-bond acceptors (Lipinski definition) is 15. The Morgan fingerprint density at radius 3 is 1.27 bits per heavy atom. The molecule has 0 N–H and O–H groups in total. The van der Waals surface area contributed by atoms with Gasteiger partial charge in [0.05, 0.1) is 40.5 Å². The van der Waals surface area contributed by atoms with Gasteiger partial charge in [0.15, 0.2) is 36.8 Å². The molecule has 330 valence electrons. The molecule has 0 aliphatic carbocycles. The summed E-state index contributed by atoms with van der Waals surface area (Å²) in [6.45, 7) is 1.91. The first-order valence-corrected chi connectivity index (χ1v) is 20.4. The molecule has 64 heavy (non-hydrogen) atoms. The van der Waals surface area contributed by atoms with E-state index >= 15 is 0 Å². The molecule has 15 heteroatoms. The predicted octanol–water partition coefficient (Wildman–Crippen LogP) is 6.21. The fraction of sp³-hybridized carbons (Fsp3) is 0.265. The molecule has 5 aromatic carbocycles. The summed E-state index contributed by atoms with van der Waals surface area (Å²) in [5, 5.41) is 0. The predicted molar refractivity (Wildman–Crippen MR) is 224 cm³/mol. The first-order chi connectivity index (χ1) is 31.0. The van der Waals surface area contributed by atoms with E-state index < -0.39 is 97.5 Å². The van der Waals surface area contributed by atoms with Crippen molar-refractivity contribution in [3.8, 4) is 0 Å². The molecule has 2 aliphatic rings. The zero-order valence-electron chi connectivity index (χ0n) is 34.7. The summed E-state index contributed by atoms with van der Waals surface area (Å²) >= 11 is 0. The van der Waals surface area contributed by atoms with Gasteiger partial charge in [-0.25, -0.2) is 24.0 Å². The van der Waals surface area contributed by atoms with E-state index in [-0.39, 0.29) is 34.4 Å². The molecule has 2 heterocycles. The van der Waals surface area contributed by atoms with Crippen LogP contribution in [0.4, 0.5) is 0 Å². The molecule has 9 atom stereocenters. The second-order valence-corrected chi connectivity index (χ2v) is 14.7. The molecule has 0 spiro atoms. The molecule has 2 saturated heterocycles. The summed E-state index contributed by atoms with van der Waals surface area (Å²) in [5.41, 5.74) is 0.703. The molecule has 7 rings (SSSR count). The van der Waals surface area contributed by atoms with Gasteiger partial charge in [0, 0.05) is 6.92 Å². The summed E-state index contributed by atoms with van der Waals surface area (Å²) in [6.07, 6.45) is -13.1. The van der Waals surface area contributed by atoms with Crippen LogP contribution >= 0.6 is 0 Å². The molecule has 0 saturated carbocycles.